The van der Waals surface area contributed by atoms with Gasteiger partial charge in [0.15, 0.2) is 5.82 Å². The number of nitrogens with two attached hydrogens (primary N) is 1. The van der Waals surface area contributed by atoms with E-state index in [1.54, 1.807) is 11.8 Å². The zero-order valence-corrected chi connectivity index (χ0v) is 9.42. The molecule has 6 heteroatoms. The van der Waals surface area contributed by atoms with Gasteiger partial charge in [-0.25, -0.2) is 4.39 Å². The first kappa shape index (κ1) is 10.9. The molecule has 1 aromatic carbocycles. The van der Waals surface area contributed by atoms with E-state index in [-0.39, 0.29) is 11.5 Å². The molecule has 0 unspecified atom stereocenters. The Bertz CT molecular complexity index is 501. The molecule has 0 saturated heterocycles. The van der Waals surface area contributed by atoms with Crippen molar-refractivity contribution in [3.8, 4) is 11.5 Å². The highest BCUT2D eigenvalue weighted by atomic mass is 32.2. The van der Waals surface area contributed by atoms with Crippen molar-refractivity contribution in [3.63, 3.8) is 0 Å². The number of halogens is 1. The van der Waals surface area contributed by atoms with E-state index in [9.17, 15) is 4.39 Å². The third kappa shape index (κ3) is 2.16. The number of hydrogen-bond acceptors (Lipinski definition) is 5. The second kappa shape index (κ2) is 4.52. The lowest BCUT2D eigenvalue weighted by molar-refractivity contribution is 0.423. The summed E-state index contributed by atoms with van der Waals surface area (Å²) in [6.07, 6.45) is 1.93. The lowest BCUT2D eigenvalue weighted by Crippen LogP contribution is -1.90. The molecule has 0 amide bonds. The van der Waals surface area contributed by atoms with Crippen molar-refractivity contribution in [2.75, 3.05) is 12.0 Å². The maximum Gasteiger partial charge on any atom is 0.261 e. The molecule has 0 spiro atoms. The van der Waals surface area contributed by atoms with Crippen LogP contribution in [-0.2, 0) is 5.75 Å². The molecule has 2 N–H and O–H groups in total. The molecule has 0 radical (unpaired) electrons. The van der Waals surface area contributed by atoms with Crippen LogP contribution < -0.4 is 5.73 Å². The van der Waals surface area contributed by atoms with Gasteiger partial charge in [-0.05, 0) is 24.5 Å². The summed E-state index contributed by atoms with van der Waals surface area (Å²) < 4.78 is 18.4. The molecular weight excluding hydrogens is 229 g/mol. The second-order valence-electron chi connectivity index (χ2n) is 3.19. The van der Waals surface area contributed by atoms with Crippen molar-refractivity contribution in [1.29, 1.82) is 0 Å². The van der Waals surface area contributed by atoms with E-state index >= 15 is 0 Å². The molecule has 2 rings (SSSR count). The average Bonchev–Trinajstić information content (AvgIpc) is 2.71. The molecule has 0 aliphatic heterocycles. The smallest absolute Gasteiger partial charge is 0.261 e. The number of anilines is 1. The molecule has 0 saturated carbocycles. The molecule has 0 fully saturated rings. The van der Waals surface area contributed by atoms with E-state index in [1.165, 1.54) is 18.2 Å². The lowest BCUT2D eigenvalue weighted by atomic mass is 10.2. The molecule has 2 aromatic rings. The van der Waals surface area contributed by atoms with E-state index in [0.717, 1.165) is 0 Å². The SMILES string of the molecule is CSCc1noc(-c2cc(N)ccc2F)n1. The van der Waals surface area contributed by atoms with Gasteiger partial charge >= 0.3 is 0 Å². The van der Waals surface area contributed by atoms with Gasteiger partial charge in [0, 0.05) is 5.69 Å². The van der Waals surface area contributed by atoms with Gasteiger partial charge in [-0.15, -0.1) is 0 Å². The van der Waals surface area contributed by atoms with Crippen molar-refractivity contribution < 1.29 is 8.91 Å². The Morgan fingerprint density at radius 3 is 3.06 bits per heavy atom. The van der Waals surface area contributed by atoms with Crippen LogP contribution in [0.4, 0.5) is 10.1 Å². The highest BCUT2D eigenvalue weighted by molar-refractivity contribution is 7.97. The Labute approximate surface area is 96.0 Å². The van der Waals surface area contributed by atoms with Crippen molar-refractivity contribution in [2.24, 2.45) is 0 Å². The van der Waals surface area contributed by atoms with Crippen LogP contribution in [0.5, 0.6) is 0 Å². The van der Waals surface area contributed by atoms with Crippen LogP contribution in [0.15, 0.2) is 22.7 Å². The topological polar surface area (TPSA) is 64.9 Å². The monoisotopic (exact) mass is 239 g/mol. The quantitative estimate of drug-likeness (QED) is 0.833. The summed E-state index contributed by atoms with van der Waals surface area (Å²) in [7, 11) is 0. The average molecular weight is 239 g/mol. The largest absolute Gasteiger partial charge is 0.399 e. The van der Waals surface area contributed by atoms with Crippen LogP contribution in [0.2, 0.25) is 0 Å². The first-order chi connectivity index (χ1) is 7.70. The molecule has 1 aromatic heterocycles. The van der Waals surface area contributed by atoms with Gasteiger partial charge in [0.2, 0.25) is 0 Å². The minimum absolute atomic E-state index is 0.161. The zero-order valence-electron chi connectivity index (χ0n) is 8.61. The number of rotatable bonds is 3. The Morgan fingerprint density at radius 1 is 1.50 bits per heavy atom. The summed E-state index contributed by atoms with van der Waals surface area (Å²) in [5.74, 6) is 0.916. The Balaban J connectivity index is 2.38. The minimum atomic E-state index is -0.423. The van der Waals surface area contributed by atoms with E-state index in [2.05, 4.69) is 10.1 Å². The maximum atomic E-state index is 13.5. The summed E-state index contributed by atoms with van der Waals surface area (Å²) in [4.78, 5) is 4.08. The number of aromatic nitrogens is 2. The fourth-order valence-corrected chi connectivity index (χ4v) is 1.63. The summed E-state index contributed by atoms with van der Waals surface area (Å²) in [6, 6.07) is 4.24. The zero-order chi connectivity index (χ0) is 11.5. The summed E-state index contributed by atoms with van der Waals surface area (Å²) in [6.45, 7) is 0. The molecule has 16 heavy (non-hydrogen) atoms. The summed E-state index contributed by atoms with van der Waals surface area (Å²) in [5.41, 5.74) is 6.26. The van der Waals surface area contributed by atoms with Gasteiger partial charge in [-0.3, -0.25) is 0 Å². The molecule has 84 valence electrons. The standard InChI is InChI=1S/C10H10FN3OS/c1-16-5-9-13-10(15-14-9)7-4-6(12)2-3-8(7)11/h2-4H,5,12H2,1H3. The van der Waals surface area contributed by atoms with Crippen molar-refractivity contribution in [2.45, 2.75) is 5.75 Å². The predicted molar refractivity (Wildman–Crippen MR) is 61.3 cm³/mol. The first-order valence-electron chi connectivity index (χ1n) is 4.57. The van der Waals surface area contributed by atoms with E-state index in [0.29, 0.717) is 17.3 Å². The maximum absolute atomic E-state index is 13.5. The molecule has 0 aliphatic carbocycles. The van der Waals surface area contributed by atoms with Crippen molar-refractivity contribution >= 4 is 17.4 Å². The number of nitrogens with zero attached hydrogens (tertiary/aromatic N) is 2. The third-order valence-electron chi connectivity index (χ3n) is 1.96. The Morgan fingerprint density at radius 2 is 2.31 bits per heavy atom. The highest BCUT2D eigenvalue weighted by Gasteiger charge is 2.13. The lowest BCUT2D eigenvalue weighted by Gasteiger charge is -1.98. The fraction of sp³-hybridized carbons (Fsp3) is 0.200. The number of hydrogen-bond donors (Lipinski definition) is 1. The summed E-state index contributed by atoms with van der Waals surface area (Å²) >= 11 is 1.57. The van der Waals surface area contributed by atoms with Crippen LogP contribution in [0, 0.1) is 5.82 Å². The van der Waals surface area contributed by atoms with Crippen LogP contribution >= 0.6 is 11.8 Å². The van der Waals surface area contributed by atoms with Gasteiger partial charge in [0.05, 0.1) is 11.3 Å². The Hall–Kier alpha value is -1.56. The molecule has 1 heterocycles. The Kier molecular flexibility index (Phi) is 3.09. The van der Waals surface area contributed by atoms with Crippen molar-refractivity contribution in [3.05, 3.63) is 29.8 Å². The van der Waals surface area contributed by atoms with Crippen molar-refractivity contribution in [1.82, 2.24) is 10.1 Å². The third-order valence-corrected chi connectivity index (χ3v) is 2.51. The normalized spacial score (nSPS) is 10.6. The van der Waals surface area contributed by atoms with E-state index in [1.807, 2.05) is 6.26 Å². The van der Waals surface area contributed by atoms with Gasteiger partial charge in [-0.1, -0.05) is 5.16 Å². The number of thioether (sulfide) groups is 1. The second-order valence-corrected chi connectivity index (χ2v) is 4.05. The predicted octanol–water partition coefficient (Wildman–Crippen LogP) is 2.32. The minimum Gasteiger partial charge on any atom is -0.399 e. The first-order valence-corrected chi connectivity index (χ1v) is 5.97. The molecule has 0 atom stereocenters. The van der Waals surface area contributed by atoms with Gasteiger partial charge in [0.1, 0.15) is 5.82 Å². The molecule has 0 bridgehead atoms. The van der Waals surface area contributed by atoms with Crippen LogP contribution in [-0.4, -0.2) is 16.4 Å². The fourth-order valence-electron chi connectivity index (χ4n) is 1.26. The van der Waals surface area contributed by atoms with Crippen LogP contribution in [0.25, 0.3) is 11.5 Å². The van der Waals surface area contributed by atoms with Crippen LogP contribution in [0.3, 0.4) is 0 Å². The molecule has 4 nitrogen and oxygen atoms in total. The number of benzene rings is 1. The van der Waals surface area contributed by atoms with Gasteiger partial charge in [-0.2, -0.15) is 16.7 Å². The summed E-state index contributed by atoms with van der Waals surface area (Å²) in [5, 5.41) is 3.74. The van der Waals surface area contributed by atoms with Gasteiger partial charge < -0.3 is 10.3 Å². The van der Waals surface area contributed by atoms with E-state index in [4.69, 9.17) is 10.3 Å². The van der Waals surface area contributed by atoms with E-state index < -0.39 is 5.82 Å². The van der Waals surface area contributed by atoms with Crippen LogP contribution in [0.1, 0.15) is 5.82 Å². The van der Waals surface area contributed by atoms with Gasteiger partial charge in [0.25, 0.3) is 5.89 Å². The molecule has 0 aliphatic rings. The molecular formula is C10H10FN3OS. The number of nitrogen functional groups attached to an aromatic ring is 1. The highest BCUT2D eigenvalue weighted by Crippen LogP contribution is 2.23.